The van der Waals surface area contributed by atoms with Crippen molar-refractivity contribution in [2.45, 2.75) is 11.5 Å². The van der Waals surface area contributed by atoms with E-state index in [2.05, 4.69) is 0 Å². The van der Waals surface area contributed by atoms with E-state index in [0.29, 0.717) is 17.0 Å². The van der Waals surface area contributed by atoms with Gasteiger partial charge in [-0.25, -0.2) is 13.2 Å². The Hall–Kier alpha value is -3.92. The van der Waals surface area contributed by atoms with Gasteiger partial charge in [-0.3, -0.25) is 14.4 Å². The highest BCUT2D eigenvalue weighted by molar-refractivity contribution is 7.92. The summed E-state index contributed by atoms with van der Waals surface area (Å²) >= 11 is 0. The molecule has 9 nitrogen and oxygen atoms in total. The first-order valence-electron chi connectivity index (χ1n) is 9.36. The number of anilines is 1. The third-order valence-electron chi connectivity index (χ3n) is 4.66. The zero-order valence-electron chi connectivity index (χ0n) is 17.3. The van der Waals surface area contributed by atoms with Gasteiger partial charge in [0.25, 0.3) is 15.7 Å². The molecule has 0 aliphatic heterocycles. The highest BCUT2D eigenvalue weighted by atomic mass is 32.2. The number of ether oxygens (including phenoxy) is 2. The molecule has 0 aliphatic carbocycles. The molecule has 0 heterocycles. The molecule has 0 unspecified atom stereocenters. The van der Waals surface area contributed by atoms with Gasteiger partial charge in [-0.2, -0.15) is 0 Å². The predicted octanol–water partition coefficient (Wildman–Crippen LogP) is 3.79. The molecule has 3 aromatic rings. The second-order valence-corrected chi connectivity index (χ2v) is 8.67. The minimum atomic E-state index is -3.94. The fourth-order valence-electron chi connectivity index (χ4n) is 2.86. The molecule has 166 valence electrons. The number of nitrogens with zero attached hydrogens (tertiary/aromatic N) is 2. The van der Waals surface area contributed by atoms with Gasteiger partial charge in [-0.15, -0.1) is 0 Å². The van der Waals surface area contributed by atoms with Crippen molar-refractivity contribution in [1.82, 2.24) is 0 Å². The van der Waals surface area contributed by atoms with Gasteiger partial charge in [0.05, 0.1) is 28.2 Å². The van der Waals surface area contributed by atoms with Crippen LogP contribution in [0.1, 0.15) is 15.9 Å². The Kier molecular flexibility index (Phi) is 6.74. The van der Waals surface area contributed by atoms with Crippen molar-refractivity contribution in [2.24, 2.45) is 0 Å². The van der Waals surface area contributed by atoms with Crippen LogP contribution in [0.4, 0.5) is 11.4 Å². The largest absolute Gasteiger partial charge is 0.497 e. The van der Waals surface area contributed by atoms with Gasteiger partial charge in [0, 0.05) is 19.2 Å². The van der Waals surface area contributed by atoms with Gasteiger partial charge in [0.1, 0.15) is 12.4 Å². The maximum absolute atomic E-state index is 13.0. The number of benzene rings is 3. The molecule has 0 N–H and O–H groups in total. The van der Waals surface area contributed by atoms with Crippen LogP contribution in [0.15, 0.2) is 77.7 Å². The number of methoxy groups -OCH3 is 1. The molecule has 32 heavy (non-hydrogen) atoms. The predicted molar refractivity (Wildman–Crippen MR) is 117 cm³/mol. The first-order chi connectivity index (χ1) is 15.2. The minimum absolute atomic E-state index is 0.0413. The van der Waals surface area contributed by atoms with Crippen molar-refractivity contribution in [3.8, 4) is 5.75 Å². The van der Waals surface area contributed by atoms with Crippen molar-refractivity contribution in [3.05, 3.63) is 94.0 Å². The summed E-state index contributed by atoms with van der Waals surface area (Å²) in [7, 11) is -1.02. The lowest BCUT2D eigenvalue weighted by molar-refractivity contribution is -0.384. The molecular formula is C22H20N2O7S. The normalized spacial score (nSPS) is 10.9. The highest BCUT2D eigenvalue weighted by Crippen LogP contribution is 2.25. The molecular weight excluding hydrogens is 436 g/mol. The van der Waals surface area contributed by atoms with E-state index in [9.17, 15) is 23.3 Å². The molecule has 0 saturated heterocycles. The summed E-state index contributed by atoms with van der Waals surface area (Å²) in [5, 5.41) is 10.9. The number of carbonyl (C=O) groups excluding carboxylic acids is 1. The zero-order chi connectivity index (χ0) is 23.3. The van der Waals surface area contributed by atoms with Gasteiger partial charge in [0.2, 0.25) is 0 Å². The molecule has 0 atom stereocenters. The van der Waals surface area contributed by atoms with Crippen LogP contribution in [0.3, 0.4) is 0 Å². The van der Waals surface area contributed by atoms with E-state index in [4.69, 9.17) is 9.47 Å². The molecule has 10 heteroatoms. The second kappa shape index (κ2) is 9.48. The Balaban J connectivity index is 1.76. The lowest BCUT2D eigenvalue weighted by Gasteiger charge is -2.20. The molecule has 0 fully saturated rings. The zero-order valence-corrected chi connectivity index (χ0v) is 18.1. The topological polar surface area (TPSA) is 116 Å². The molecule has 0 bridgehead atoms. The fourth-order valence-corrected chi connectivity index (χ4v) is 4.11. The summed E-state index contributed by atoms with van der Waals surface area (Å²) in [6.07, 6.45) is 0. The molecule has 0 saturated carbocycles. The van der Waals surface area contributed by atoms with E-state index in [0.717, 1.165) is 4.31 Å². The van der Waals surface area contributed by atoms with Crippen LogP contribution in [-0.4, -0.2) is 33.5 Å². The summed E-state index contributed by atoms with van der Waals surface area (Å²) < 4.78 is 37.4. The quantitative estimate of drug-likeness (QED) is 0.288. The Bertz CT molecular complexity index is 1240. The van der Waals surface area contributed by atoms with E-state index in [1.54, 1.807) is 30.3 Å². The number of esters is 1. The van der Waals surface area contributed by atoms with Crippen molar-refractivity contribution in [2.75, 3.05) is 18.5 Å². The monoisotopic (exact) mass is 456 g/mol. The van der Waals surface area contributed by atoms with Crippen molar-refractivity contribution >= 4 is 27.4 Å². The van der Waals surface area contributed by atoms with Crippen molar-refractivity contribution in [3.63, 3.8) is 0 Å². The van der Waals surface area contributed by atoms with E-state index in [1.807, 2.05) is 0 Å². The van der Waals surface area contributed by atoms with Crippen LogP contribution in [0.5, 0.6) is 5.75 Å². The summed E-state index contributed by atoms with van der Waals surface area (Å²) in [6.45, 7) is -0.191. The lowest BCUT2D eigenvalue weighted by atomic mass is 10.2. The van der Waals surface area contributed by atoms with Gasteiger partial charge < -0.3 is 9.47 Å². The molecule has 0 aliphatic rings. The van der Waals surface area contributed by atoms with Gasteiger partial charge >= 0.3 is 5.97 Å². The van der Waals surface area contributed by atoms with E-state index in [-0.39, 0.29) is 22.8 Å². The number of rotatable bonds is 8. The van der Waals surface area contributed by atoms with E-state index in [1.165, 1.54) is 56.6 Å². The smallest absolute Gasteiger partial charge is 0.338 e. The SMILES string of the molecule is COc1ccc(N(C)S(=O)(=O)c2cccc(C(=O)OCc3cccc([N+](=O)[O-])c3)c2)cc1. The molecule has 0 amide bonds. The van der Waals surface area contributed by atoms with Gasteiger partial charge in [0.15, 0.2) is 0 Å². The van der Waals surface area contributed by atoms with E-state index < -0.39 is 20.9 Å². The maximum Gasteiger partial charge on any atom is 0.338 e. The third-order valence-corrected chi connectivity index (χ3v) is 6.44. The number of nitro benzene ring substituents is 1. The summed E-state index contributed by atoms with van der Waals surface area (Å²) in [5.74, 6) is -0.159. The van der Waals surface area contributed by atoms with Crippen LogP contribution in [0.2, 0.25) is 0 Å². The Labute approximate surface area is 185 Å². The van der Waals surface area contributed by atoms with Crippen LogP contribution in [-0.2, 0) is 21.4 Å². The van der Waals surface area contributed by atoms with Crippen molar-refractivity contribution < 1.29 is 27.6 Å². The van der Waals surface area contributed by atoms with Crippen LogP contribution in [0, 0.1) is 10.1 Å². The molecule has 3 rings (SSSR count). The van der Waals surface area contributed by atoms with Gasteiger partial charge in [-0.05, 0) is 48.0 Å². The standard InChI is InChI=1S/C22H20N2O7S/c1-23(18-9-11-20(30-2)12-10-18)32(28,29)21-8-4-6-17(14-21)22(25)31-15-16-5-3-7-19(13-16)24(26)27/h3-14H,15H2,1-2H3. The third kappa shape index (κ3) is 5.03. The fraction of sp³-hybridized carbons (Fsp3) is 0.136. The first-order valence-corrected chi connectivity index (χ1v) is 10.8. The summed E-state index contributed by atoms with van der Waals surface area (Å²) in [6, 6.07) is 17.7. The number of hydrogen-bond acceptors (Lipinski definition) is 7. The van der Waals surface area contributed by atoms with Crippen molar-refractivity contribution in [1.29, 1.82) is 0 Å². The molecule has 0 spiro atoms. The minimum Gasteiger partial charge on any atom is -0.497 e. The van der Waals surface area contributed by atoms with Crippen LogP contribution in [0.25, 0.3) is 0 Å². The van der Waals surface area contributed by atoms with Gasteiger partial charge in [-0.1, -0.05) is 18.2 Å². The molecule has 3 aromatic carbocycles. The molecule has 0 aromatic heterocycles. The Morgan fingerprint density at radius 1 is 1.03 bits per heavy atom. The first kappa shape index (κ1) is 22.8. The number of hydrogen-bond donors (Lipinski definition) is 0. The lowest BCUT2D eigenvalue weighted by Crippen LogP contribution is -2.26. The van der Waals surface area contributed by atoms with Crippen LogP contribution >= 0.6 is 0 Å². The second-order valence-electron chi connectivity index (χ2n) is 6.70. The Morgan fingerprint density at radius 3 is 2.38 bits per heavy atom. The summed E-state index contributed by atoms with van der Waals surface area (Å²) in [5.41, 5.74) is 0.785. The highest BCUT2D eigenvalue weighted by Gasteiger charge is 2.23. The maximum atomic E-state index is 13.0. The molecule has 0 radical (unpaired) electrons. The number of nitro groups is 1. The Morgan fingerprint density at radius 2 is 1.72 bits per heavy atom. The van der Waals surface area contributed by atoms with E-state index >= 15 is 0 Å². The number of sulfonamides is 1. The van der Waals surface area contributed by atoms with Crippen LogP contribution < -0.4 is 9.04 Å². The number of carbonyl (C=O) groups is 1. The average Bonchev–Trinajstić information content (AvgIpc) is 2.82. The average molecular weight is 456 g/mol. The number of non-ortho nitro benzene ring substituents is 1. The summed E-state index contributed by atoms with van der Waals surface area (Å²) in [4.78, 5) is 22.7.